The van der Waals surface area contributed by atoms with Gasteiger partial charge in [0, 0.05) is 36.8 Å². The van der Waals surface area contributed by atoms with Crippen molar-refractivity contribution in [3.8, 4) is 17.2 Å². The molecule has 5 rings (SSSR count). The highest BCUT2D eigenvalue weighted by atomic mass is 16.5. The smallest absolute Gasteiger partial charge is 0.149 e. The van der Waals surface area contributed by atoms with E-state index in [4.69, 9.17) is 14.2 Å². The number of aromatic nitrogens is 5. The minimum atomic E-state index is -0.210. The Morgan fingerprint density at radius 1 is 1.21 bits per heavy atom. The maximum Gasteiger partial charge on any atom is 0.149 e. The van der Waals surface area contributed by atoms with Crippen molar-refractivity contribution in [3.05, 3.63) is 54.7 Å². The number of hydrogen-bond acceptors (Lipinski definition) is 8. The van der Waals surface area contributed by atoms with Crippen LogP contribution < -0.4 is 14.8 Å². The Hall–Kier alpha value is -3.63. The van der Waals surface area contributed by atoms with Gasteiger partial charge in [-0.1, -0.05) is 0 Å². The summed E-state index contributed by atoms with van der Waals surface area (Å²) in [6.07, 6.45) is 8.36. The predicted octanol–water partition coefficient (Wildman–Crippen LogP) is 2.92. The molecule has 2 unspecified atom stereocenters. The minimum Gasteiger partial charge on any atom is -0.497 e. The number of fused-ring (bicyclic) bond motifs is 1. The van der Waals surface area contributed by atoms with E-state index in [0.717, 1.165) is 46.6 Å². The van der Waals surface area contributed by atoms with Gasteiger partial charge in [0.05, 0.1) is 38.0 Å². The van der Waals surface area contributed by atoms with Gasteiger partial charge in [0.15, 0.2) is 0 Å². The van der Waals surface area contributed by atoms with Crippen LogP contribution in [-0.4, -0.2) is 56.4 Å². The SMILES string of the molecule is COc1ccc(CNc2ncnc3c2c(-n2cccn2)cn3C2CCC(CO)O2)c(OC)c1. The normalized spacial score (nSPS) is 18.0. The second-order valence-corrected chi connectivity index (χ2v) is 7.80. The lowest BCUT2D eigenvalue weighted by Gasteiger charge is -2.15. The highest BCUT2D eigenvalue weighted by Crippen LogP contribution is 2.36. The monoisotopic (exact) mass is 450 g/mol. The van der Waals surface area contributed by atoms with Crippen molar-refractivity contribution < 1.29 is 19.3 Å². The number of anilines is 1. The standard InChI is InChI=1S/C23H26N6O4/c1-31-16-5-4-15(19(10-16)32-2)11-24-22-21-18(29-9-3-8-27-29)12-28(23(21)26-14-25-22)20-7-6-17(13-30)33-20/h3-5,8-10,12,14,17,20,30H,6-7,11,13H2,1-2H3,(H,24,25,26). The Labute approximate surface area is 190 Å². The first-order valence-corrected chi connectivity index (χ1v) is 10.8. The number of hydrogen-bond donors (Lipinski definition) is 2. The number of nitrogens with one attached hydrogen (secondary N) is 1. The van der Waals surface area contributed by atoms with E-state index >= 15 is 0 Å². The zero-order chi connectivity index (χ0) is 22.8. The lowest BCUT2D eigenvalue weighted by atomic mass is 10.2. The molecule has 0 radical (unpaired) electrons. The van der Waals surface area contributed by atoms with Crippen LogP contribution in [0.3, 0.4) is 0 Å². The fourth-order valence-electron chi connectivity index (χ4n) is 4.21. The van der Waals surface area contributed by atoms with Gasteiger partial charge in [-0.25, -0.2) is 14.6 Å². The van der Waals surface area contributed by atoms with E-state index in [1.807, 2.05) is 41.2 Å². The summed E-state index contributed by atoms with van der Waals surface area (Å²) in [6.45, 7) is 0.503. The van der Waals surface area contributed by atoms with Crippen molar-refractivity contribution in [1.82, 2.24) is 24.3 Å². The van der Waals surface area contributed by atoms with Crippen LogP contribution in [0.5, 0.6) is 11.5 Å². The first-order chi connectivity index (χ1) is 16.2. The summed E-state index contributed by atoms with van der Waals surface area (Å²) in [7, 11) is 3.26. The van der Waals surface area contributed by atoms with E-state index in [0.29, 0.717) is 12.4 Å². The quantitative estimate of drug-likeness (QED) is 0.422. The molecule has 1 saturated heterocycles. The third-order valence-corrected chi connectivity index (χ3v) is 5.88. The van der Waals surface area contributed by atoms with Crippen molar-refractivity contribution in [2.75, 3.05) is 26.1 Å². The van der Waals surface area contributed by atoms with E-state index in [1.165, 1.54) is 6.33 Å². The molecule has 10 nitrogen and oxygen atoms in total. The van der Waals surface area contributed by atoms with Crippen molar-refractivity contribution in [1.29, 1.82) is 0 Å². The van der Waals surface area contributed by atoms with Gasteiger partial charge >= 0.3 is 0 Å². The van der Waals surface area contributed by atoms with Crippen LogP contribution in [-0.2, 0) is 11.3 Å². The molecular formula is C23H26N6O4. The van der Waals surface area contributed by atoms with Crippen LogP contribution >= 0.6 is 0 Å². The number of methoxy groups -OCH3 is 2. The maximum absolute atomic E-state index is 9.50. The fraction of sp³-hybridized carbons (Fsp3) is 0.348. The molecule has 0 amide bonds. The molecule has 3 aromatic heterocycles. The molecule has 2 atom stereocenters. The number of aliphatic hydroxyl groups excluding tert-OH is 1. The molecule has 0 aliphatic carbocycles. The molecule has 33 heavy (non-hydrogen) atoms. The summed E-state index contributed by atoms with van der Waals surface area (Å²) < 4.78 is 20.7. The molecule has 1 aromatic carbocycles. The van der Waals surface area contributed by atoms with E-state index in [1.54, 1.807) is 25.1 Å². The number of nitrogens with zero attached hydrogens (tertiary/aromatic N) is 5. The number of rotatable bonds is 8. The molecular weight excluding hydrogens is 424 g/mol. The molecule has 1 fully saturated rings. The van der Waals surface area contributed by atoms with Gasteiger partial charge in [0.25, 0.3) is 0 Å². The van der Waals surface area contributed by atoms with E-state index < -0.39 is 0 Å². The fourth-order valence-corrected chi connectivity index (χ4v) is 4.21. The summed E-state index contributed by atoms with van der Waals surface area (Å²) in [6, 6.07) is 7.59. The van der Waals surface area contributed by atoms with Gasteiger partial charge in [-0.2, -0.15) is 5.10 Å². The van der Waals surface area contributed by atoms with Crippen LogP contribution in [0.2, 0.25) is 0 Å². The predicted molar refractivity (Wildman–Crippen MR) is 122 cm³/mol. The summed E-state index contributed by atoms with van der Waals surface area (Å²) in [5, 5.41) is 18.2. The summed E-state index contributed by atoms with van der Waals surface area (Å²) in [5.41, 5.74) is 2.55. The Morgan fingerprint density at radius 3 is 2.85 bits per heavy atom. The molecule has 0 saturated carbocycles. The summed E-state index contributed by atoms with van der Waals surface area (Å²) in [5.74, 6) is 2.14. The number of benzene rings is 1. The van der Waals surface area contributed by atoms with Gasteiger partial charge in [-0.15, -0.1) is 0 Å². The average Bonchev–Trinajstić information content (AvgIpc) is 3.61. The minimum absolute atomic E-state index is 0.00714. The molecule has 10 heteroatoms. The molecule has 0 spiro atoms. The summed E-state index contributed by atoms with van der Waals surface area (Å²) >= 11 is 0. The van der Waals surface area contributed by atoms with Crippen molar-refractivity contribution in [2.24, 2.45) is 0 Å². The van der Waals surface area contributed by atoms with E-state index in [-0.39, 0.29) is 18.9 Å². The molecule has 1 aliphatic heterocycles. The number of ether oxygens (including phenoxy) is 3. The highest BCUT2D eigenvalue weighted by Gasteiger charge is 2.29. The van der Waals surface area contributed by atoms with Gasteiger partial charge < -0.3 is 29.2 Å². The topological polar surface area (TPSA) is 108 Å². The molecule has 2 N–H and O–H groups in total. The Kier molecular flexibility index (Phi) is 5.84. The molecule has 1 aliphatic rings. The molecule has 0 bridgehead atoms. The second-order valence-electron chi connectivity index (χ2n) is 7.80. The lowest BCUT2D eigenvalue weighted by molar-refractivity contribution is -0.0204. The maximum atomic E-state index is 9.50. The first-order valence-electron chi connectivity index (χ1n) is 10.8. The zero-order valence-corrected chi connectivity index (χ0v) is 18.5. The van der Waals surface area contributed by atoms with E-state index in [9.17, 15) is 5.11 Å². The third kappa shape index (κ3) is 3.98. The molecule has 172 valence electrons. The van der Waals surface area contributed by atoms with Gasteiger partial charge in [0.1, 0.15) is 35.5 Å². The van der Waals surface area contributed by atoms with Crippen molar-refractivity contribution in [2.45, 2.75) is 31.7 Å². The number of aliphatic hydroxyl groups is 1. The third-order valence-electron chi connectivity index (χ3n) is 5.88. The van der Waals surface area contributed by atoms with Crippen molar-refractivity contribution >= 4 is 16.9 Å². The molecule has 4 aromatic rings. The Morgan fingerprint density at radius 2 is 2.12 bits per heavy atom. The van der Waals surface area contributed by atoms with Gasteiger partial charge in [-0.3, -0.25) is 0 Å². The molecule has 4 heterocycles. The average molecular weight is 450 g/mol. The summed E-state index contributed by atoms with van der Waals surface area (Å²) in [4.78, 5) is 9.10. The van der Waals surface area contributed by atoms with Crippen LogP contribution in [0.25, 0.3) is 16.7 Å². The second kappa shape index (κ2) is 9.08. The van der Waals surface area contributed by atoms with Crippen LogP contribution in [0.1, 0.15) is 24.6 Å². The van der Waals surface area contributed by atoms with Gasteiger partial charge in [0.2, 0.25) is 0 Å². The van der Waals surface area contributed by atoms with Crippen LogP contribution in [0, 0.1) is 0 Å². The largest absolute Gasteiger partial charge is 0.497 e. The lowest BCUT2D eigenvalue weighted by Crippen LogP contribution is -2.14. The van der Waals surface area contributed by atoms with Gasteiger partial charge in [-0.05, 0) is 31.0 Å². The van der Waals surface area contributed by atoms with E-state index in [2.05, 4.69) is 20.4 Å². The van der Waals surface area contributed by atoms with Crippen molar-refractivity contribution in [3.63, 3.8) is 0 Å². The van der Waals surface area contributed by atoms with Crippen LogP contribution in [0.15, 0.2) is 49.2 Å². The Bertz CT molecular complexity index is 1240. The van der Waals surface area contributed by atoms with Crippen LogP contribution in [0.4, 0.5) is 5.82 Å². The Balaban J connectivity index is 1.53. The first kappa shape index (κ1) is 21.2. The zero-order valence-electron chi connectivity index (χ0n) is 18.5. The highest BCUT2D eigenvalue weighted by molar-refractivity contribution is 5.95.